The zero-order valence-corrected chi connectivity index (χ0v) is 38.6. The van der Waals surface area contributed by atoms with Crippen molar-refractivity contribution in [2.24, 2.45) is 0 Å². The number of imidazole rings is 1. The topological polar surface area (TPSA) is 71.3 Å². The zero-order valence-electron chi connectivity index (χ0n) is 35.5. The summed E-state index contributed by atoms with van der Waals surface area (Å²) in [7, 11) is 0. The summed E-state index contributed by atoms with van der Waals surface area (Å²) in [5.41, 5.74) is 1.97. The zero-order chi connectivity index (χ0) is 38.2. The SMILES string of the molecule is CCCCCCCCCCCCCCCCCCn1cc(Cn2ccn(Cc3cn(CCCCCCCCCCCCCCCCCC)nn3)[c]2=[Ag+])nn1.[Br-]. The summed E-state index contributed by atoms with van der Waals surface area (Å²) in [6.45, 7) is 7.88. The van der Waals surface area contributed by atoms with Gasteiger partial charge in [0.05, 0.1) is 0 Å². The summed E-state index contributed by atoms with van der Waals surface area (Å²) >= 11 is 3.83. The Bertz CT molecular complexity index is 1230. The van der Waals surface area contributed by atoms with Crippen LogP contribution in [-0.2, 0) is 46.8 Å². The summed E-state index contributed by atoms with van der Waals surface area (Å²) in [4.78, 5) is 0. The first kappa shape index (κ1) is 49.9. The van der Waals surface area contributed by atoms with Gasteiger partial charge in [-0.3, -0.25) is 0 Å². The molecule has 0 fully saturated rings. The molecular weight excluding hydrogens is 840 g/mol. The Morgan fingerprint density at radius 2 is 0.655 bits per heavy atom. The van der Waals surface area contributed by atoms with E-state index in [1.165, 1.54) is 205 Å². The number of nitrogens with zero attached hydrogens (tertiary/aromatic N) is 8. The van der Waals surface area contributed by atoms with Gasteiger partial charge in [0.15, 0.2) is 0 Å². The number of aromatic nitrogens is 8. The Morgan fingerprint density at radius 3 is 0.927 bits per heavy atom. The molecule has 10 heteroatoms. The fraction of sp³-hybridized carbons (Fsp3) is 0.844. The van der Waals surface area contributed by atoms with Crippen LogP contribution in [0.2, 0.25) is 0 Å². The van der Waals surface area contributed by atoms with Gasteiger partial charge in [0.1, 0.15) is 0 Å². The number of hydrogen-bond donors (Lipinski definition) is 0. The van der Waals surface area contributed by atoms with Crippen molar-refractivity contribution in [1.82, 2.24) is 39.1 Å². The first-order valence-corrected chi connectivity index (χ1v) is 23.9. The second kappa shape index (κ2) is 34.7. The molecule has 0 atom stereocenters. The van der Waals surface area contributed by atoms with Crippen LogP contribution in [-0.4, -0.2) is 39.1 Å². The number of aryl methyl sites for hydroxylation is 2. The molecule has 3 aromatic rings. The summed E-state index contributed by atoms with van der Waals surface area (Å²) in [5, 5.41) is 17.7. The normalized spacial score (nSPS) is 11.5. The van der Waals surface area contributed by atoms with E-state index in [2.05, 4.69) is 89.0 Å². The van der Waals surface area contributed by atoms with E-state index in [9.17, 15) is 0 Å². The van der Waals surface area contributed by atoms with Gasteiger partial charge in [-0.1, -0.05) is 155 Å². The van der Waals surface area contributed by atoms with Crippen LogP contribution in [0, 0.1) is 3.63 Å². The van der Waals surface area contributed by atoms with Gasteiger partial charge in [0.2, 0.25) is 0 Å². The molecule has 3 heterocycles. The molecule has 0 aliphatic heterocycles. The molecule has 0 amide bonds. The number of unbranched alkanes of at least 4 members (excludes halogenated alkanes) is 30. The second-order valence-corrected chi connectivity index (χ2v) is 17.0. The first-order chi connectivity index (χ1) is 26.7. The minimum atomic E-state index is 0. The van der Waals surface area contributed by atoms with Crippen LogP contribution in [0.15, 0.2) is 24.8 Å². The summed E-state index contributed by atoms with van der Waals surface area (Å²) in [6, 6.07) is 0. The fourth-order valence-corrected chi connectivity index (χ4v) is 8.15. The average molecular weight is 923 g/mol. The van der Waals surface area contributed by atoms with E-state index in [1.807, 2.05) is 9.36 Å². The third-order valence-corrected chi connectivity index (χ3v) is 12.0. The number of halogens is 1. The van der Waals surface area contributed by atoms with E-state index in [0.717, 1.165) is 28.1 Å². The summed E-state index contributed by atoms with van der Waals surface area (Å²) < 4.78 is 9.37. The standard InChI is InChI=1S/C45H82N8.Ag.BrH/c1-3-5-7-9-11-13-15-17-19-21-23-25-27-29-31-33-35-52-41-44(46-48-52)39-50-37-38-51(43-50)40-45-42-53(49-47-45)36-34-32-30-28-26-24-22-20-18-16-14-12-10-8-6-4-2;;/h37-38,41-42H,3-36,39-40H2,1-2H3;;1H/q;+1;/p-1. The van der Waals surface area contributed by atoms with Crippen molar-refractivity contribution in [3.05, 3.63) is 39.8 Å². The van der Waals surface area contributed by atoms with E-state index in [1.54, 1.807) is 0 Å². The third-order valence-electron chi connectivity index (χ3n) is 11.2. The maximum Gasteiger partial charge on any atom is -1.00 e. The molecular formula is C45H82AgBrN8. The van der Waals surface area contributed by atoms with Gasteiger partial charge in [-0.15, -0.1) is 0 Å². The minimum absolute atomic E-state index is 0. The van der Waals surface area contributed by atoms with Crippen molar-refractivity contribution in [2.45, 2.75) is 245 Å². The van der Waals surface area contributed by atoms with Crippen LogP contribution in [0.3, 0.4) is 0 Å². The van der Waals surface area contributed by atoms with Crippen LogP contribution in [0.4, 0.5) is 0 Å². The largest absolute Gasteiger partial charge is 1.00 e. The van der Waals surface area contributed by atoms with Crippen molar-refractivity contribution in [3.8, 4) is 0 Å². The molecule has 8 nitrogen and oxygen atoms in total. The van der Waals surface area contributed by atoms with Crippen LogP contribution < -0.4 is 17.0 Å². The molecule has 3 rings (SSSR count). The summed E-state index contributed by atoms with van der Waals surface area (Å²) in [6.07, 6.45) is 53.0. The Hall–Kier alpha value is -1.29. The molecule has 0 saturated heterocycles. The van der Waals surface area contributed by atoms with Gasteiger partial charge in [-0.2, -0.15) is 0 Å². The molecule has 0 N–H and O–H groups in total. The van der Waals surface area contributed by atoms with Crippen molar-refractivity contribution < 1.29 is 37.6 Å². The maximum atomic E-state index is 4.46. The Kier molecular flexibility index (Phi) is 31.5. The van der Waals surface area contributed by atoms with Gasteiger partial charge in [0, 0.05) is 0 Å². The second-order valence-electron chi connectivity index (χ2n) is 16.3. The molecule has 0 radical (unpaired) electrons. The molecule has 0 aliphatic rings. The smallest absolute Gasteiger partial charge is 1.00 e. The van der Waals surface area contributed by atoms with Crippen molar-refractivity contribution in [2.75, 3.05) is 0 Å². The van der Waals surface area contributed by atoms with Crippen LogP contribution in [0.25, 0.3) is 0 Å². The summed E-state index contributed by atoms with van der Waals surface area (Å²) in [5.74, 6) is 0. The monoisotopic (exact) mass is 920 g/mol. The quantitative estimate of drug-likeness (QED) is 0.0424. The number of hydrogen-bond acceptors (Lipinski definition) is 4. The molecule has 0 spiro atoms. The number of rotatable bonds is 38. The van der Waals surface area contributed by atoms with Crippen molar-refractivity contribution in [3.63, 3.8) is 0 Å². The minimum Gasteiger partial charge on any atom is -1.00 e. The predicted molar refractivity (Wildman–Crippen MR) is 223 cm³/mol. The van der Waals surface area contributed by atoms with Crippen LogP contribution in [0.5, 0.6) is 0 Å². The van der Waals surface area contributed by atoms with Gasteiger partial charge < -0.3 is 17.0 Å². The molecule has 0 saturated carbocycles. The van der Waals surface area contributed by atoms with Crippen molar-refractivity contribution in [1.29, 1.82) is 0 Å². The molecule has 0 bridgehead atoms. The van der Waals surface area contributed by atoms with Crippen LogP contribution >= 0.6 is 0 Å². The van der Waals surface area contributed by atoms with E-state index in [4.69, 9.17) is 0 Å². The fourth-order valence-electron chi connectivity index (χ4n) is 7.69. The Morgan fingerprint density at radius 1 is 0.400 bits per heavy atom. The van der Waals surface area contributed by atoms with Gasteiger partial charge in [-0.05, 0) is 0 Å². The molecule has 0 aliphatic carbocycles. The molecule has 320 valence electrons. The average Bonchev–Trinajstić information content (AvgIpc) is 3.92. The van der Waals surface area contributed by atoms with E-state index >= 15 is 0 Å². The van der Waals surface area contributed by atoms with E-state index in [-0.39, 0.29) is 17.0 Å². The molecule has 0 aromatic carbocycles. The van der Waals surface area contributed by atoms with E-state index < -0.39 is 0 Å². The predicted octanol–water partition coefficient (Wildman–Crippen LogP) is 10.2. The Labute approximate surface area is 360 Å². The van der Waals surface area contributed by atoms with Crippen molar-refractivity contribution >= 4 is 0 Å². The van der Waals surface area contributed by atoms with Gasteiger partial charge >= 0.3 is 190 Å². The van der Waals surface area contributed by atoms with Crippen LogP contribution in [0.1, 0.15) is 231 Å². The third kappa shape index (κ3) is 24.9. The van der Waals surface area contributed by atoms with E-state index in [0.29, 0.717) is 13.1 Å². The molecule has 0 unspecified atom stereocenters. The molecule has 55 heavy (non-hydrogen) atoms. The maximum absolute atomic E-state index is 4.46. The van der Waals surface area contributed by atoms with Gasteiger partial charge in [0.25, 0.3) is 0 Å². The molecule has 3 aromatic heterocycles. The van der Waals surface area contributed by atoms with Gasteiger partial charge in [-0.25, -0.2) is 0 Å². The first-order valence-electron chi connectivity index (χ1n) is 23.2. The Balaban J connectivity index is 0.0000105.